The molecule has 1 aliphatic heterocycles. The van der Waals surface area contributed by atoms with Gasteiger partial charge in [-0.1, -0.05) is 35.4 Å². The highest BCUT2D eigenvalue weighted by molar-refractivity contribution is 6.35. The Morgan fingerprint density at radius 3 is 2.89 bits per heavy atom. The van der Waals surface area contributed by atoms with Gasteiger partial charge >= 0.3 is 0 Å². The van der Waals surface area contributed by atoms with E-state index in [9.17, 15) is 9.90 Å². The third-order valence-corrected chi connectivity index (χ3v) is 4.16. The van der Waals surface area contributed by atoms with E-state index in [2.05, 4.69) is 5.32 Å². The second kappa shape index (κ2) is 4.18. The Labute approximate surface area is 114 Å². The number of hydrogen-bond donors (Lipinski definition) is 1. The summed E-state index contributed by atoms with van der Waals surface area (Å²) in [5, 5.41) is 15.2. The van der Waals surface area contributed by atoms with Gasteiger partial charge in [0.05, 0.1) is 12.0 Å². The van der Waals surface area contributed by atoms with Gasteiger partial charge in [-0.2, -0.15) is 0 Å². The highest BCUT2D eigenvalue weighted by atomic mass is 35.5. The lowest BCUT2D eigenvalue weighted by molar-refractivity contribution is -0.308. The van der Waals surface area contributed by atoms with Gasteiger partial charge in [-0.15, -0.1) is 0 Å². The molecule has 5 heteroatoms. The van der Waals surface area contributed by atoms with E-state index in [1.165, 1.54) is 0 Å². The number of halogens is 2. The van der Waals surface area contributed by atoms with Crippen molar-refractivity contribution in [1.29, 1.82) is 0 Å². The zero-order valence-corrected chi connectivity index (χ0v) is 10.8. The summed E-state index contributed by atoms with van der Waals surface area (Å²) in [5.41, 5.74) is 1.62. The number of aliphatic carboxylic acids is 1. The number of carbonyl (C=O) groups is 1. The summed E-state index contributed by atoms with van der Waals surface area (Å²) in [6.07, 6.45) is 4.72. The standard InChI is InChI=1S/C13H11Cl2NO2/c14-6-4-9(15)11-7-2-1-3-8(7)12(13(17)18)16-10(11)5-6/h1-2,4-5,7-8,12,16H,3H2,(H,17,18)/p-1. The van der Waals surface area contributed by atoms with Crippen LogP contribution < -0.4 is 10.4 Å². The number of anilines is 1. The first-order chi connectivity index (χ1) is 8.58. The zero-order valence-electron chi connectivity index (χ0n) is 9.32. The van der Waals surface area contributed by atoms with Gasteiger partial charge in [0.15, 0.2) is 0 Å². The molecule has 0 fully saturated rings. The van der Waals surface area contributed by atoms with E-state index in [4.69, 9.17) is 23.2 Å². The molecule has 3 atom stereocenters. The van der Waals surface area contributed by atoms with Crippen LogP contribution in [-0.2, 0) is 4.79 Å². The van der Waals surface area contributed by atoms with E-state index in [1.54, 1.807) is 12.1 Å². The highest BCUT2D eigenvalue weighted by Gasteiger charge is 2.38. The summed E-state index contributed by atoms with van der Waals surface area (Å²) in [4.78, 5) is 11.2. The monoisotopic (exact) mass is 282 g/mol. The van der Waals surface area contributed by atoms with E-state index in [0.29, 0.717) is 22.2 Å². The third-order valence-electron chi connectivity index (χ3n) is 3.63. The van der Waals surface area contributed by atoms with Gasteiger partial charge in [0.1, 0.15) is 0 Å². The largest absolute Gasteiger partial charge is 0.548 e. The van der Waals surface area contributed by atoms with Crippen LogP contribution in [0.2, 0.25) is 10.0 Å². The first-order valence-corrected chi connectivity index (χ1v) is 6.46. The van der Waals surface area contributed by atoms with E-state index in [0.717, 1.165) is 5.56 Å². The molecule has 3 rings (SSSR count). The maximum atomic E-state index is 11.2. The molecule has 94 valence electrons. The molecule has 1 aliphatic carbocycles. The molecule has 18 heavy (non-hydrogen) atoms. The molecule has 0 saturated carbocycles. The number of carboxylic acid groups (broad SMARTS) is 1. The maximum absolute atomic E-state index is 11.2. The number of nitrogens with one attached hydrogen (secondary N) is 1. The van der Waals surface area contributed by atoms with Gasteiger partial charge in [0.2, 0.25) is 0 Å². The van der Waals surface area contributed by atoms with E-state index in [-0.39, 0.29) is 11.8 Å². The Kier molecular flexibility index (Phi) is 2.76. The van der Waals surface area contributed by atoms with E-state index < -0.39 is 12.0 Å². The minimum absolute atomic E-state index is 0.0221. The van der Waals surface area contributed by atoms with Crippen molar-refractivity contribution in [2.75, 3.05) is 5.32 Å². The average molecular weight is 283 g/mol. The van der Waals surface area contributed by atoms with Crippen LogP contribution in [0, 0.1) is 5.92 Å². The molecule has 1 N–H and O–H groups in total. The van der Waals surface area contributed by atoms with Crippen molar-refractivity contribution >= 4 is 34.9 Å². The highest BCUT2D eigenvalue weighted by Crippen LogP contribution is 2.48. The zero-order chi connectivity index (χ0) is 12.9. The smallest absolute Gasteiger partial charge is 0.0698 e. The lowest BCUT2D eigenvalue weighted by Gasteiger charge is -2.38. The van der Waals surface area contributed by atoms with Crippen molar-refractivity contribution in [3.8, 4) is 0 Å². The summed E-state index contributed by atoms with van der Waals surface area (Å²) in [6.45, 7) is 0. The molecule has 3 nitrogen and oxygen atoms in total. The van der Waals surface area contributed by atoms with E-state index >= 15 is 0 Å². The first-order valence-electron chi connectivity index (χ1n) is 5.71. The third kappa shape index (κ3) is 1.70. The van der Waals surface area contributed by atoms with Crippen LogP contribution in [0.3, 0.4) is 0 Å². The Bertz CT molecular complexity index is 556. The molecule has 0 spiro atoms. The molecule has 0 bridgehead atoms. The lowest BCUT2D eigenvalue weighted by atomic mass is 9.79. The molecule has 0 amide bonds. The number of fused-ring (bicyclic) bond motifs is 3. The Hall–Kier alpha value is -1.19. The van der Waals surface area contributed by atoms with Crippen LogP contribution in [0.15, 0.2) is 24.3 Å². The van der Waals surface area contributed by atoms with Gasteiger partial charge in [-0.25, -0.2) is 0 Å². The van der Waals surface area contributed by atoms with Crippen molar-refractivity contribution in [2.24, 2.45) is 5.92 Å². The number of carbonyl (C=O) groups excluding carboxylic acids is 1. The molecule has 1 aromatic carbocycles. The number of allylic oxidation sites excluding steroid dienone is 2. The molecule has 3 unspecified atom stereocenters. The number of rotatable bonds is 1. The Balaban J connectivity index is 2.14. The summed E-state index contributed by atoms with van der Waals surface area (Å²) in [7, 11) is 0. The van der Waals surface area contributed by atoms with Gasteiger partial charge < -0.3 is 15.2 Å². The molecule has 1 aromatic rings. The van der Waals surface area contributed by atoms with Gasteiger partial charge in [0.25, 0.3) is 0 Å². The predicted octanol–water partition coefficient (Wildman–Crippen LogP) is 2.20. The Morgan fingerprint density at radius 1 is 1.39 bits per heavy atom. The fourth-order valence-corrected chi connectivity index (χ4v) is 3.50. The fourth-order valence-electron chi connectivity index (χ4n) is 2.88. The minimum Gasteiger partial charge on any atom is -0.548 e. The minimum atomic E-state index is -1.09. The SMILES string of the molecule is O=C([O-])C1Nc2cc(Cl)cc(Cl)c2C2C=CCC12. The number of benzene rings is 1. The predicted molar refractivity (Wildman–Crippen MR) is 68.9 cm³/mol. The van der Waals surface area contributed by atoms with Gasteiger partial charge in [0, 0.05) is 27.2 Å². The molecule has 0 radical (unpaired) electrons. The molecular weight excluding hydrogens is 273 g/mol. The van der Waals surface area contributed by atoms with Gasteiger partial charge in [-0.05, 0) is 24.5 Å². The molecular formula is C13H10Cl2NO2-. The quantitative estimate of drug-likeness (QED) is 0.804. The normalized spacial score (nSPS) is 28.4. The second-order valence-corrected chi connectivity index (χ2v) is 5.49. The van der Waals surface area contributed by atoms with Crippen molar-refractivity contribution in [1.82, 2.24) is 0 Å². The van der Waals surface area contributed by atoms with Crippen LogP contribution in [0.4, 0.5) is 5.69 Å². The van der Waals surface area contributed by atoms with Crippen molar-refractivity contribution < 1.29 is 9.90 Å². The van der Waals surface area contributed by atoms with Crippen LogP contribution in [0.1, 0.15) is 17.9 Å². The maximum Gasteiger partial charge on any atom is 0.0698 e. The van der Waals surface area contributed by atoms with Crippen LogP contribution in [0.5, 0.6) is 0 Å². The van der Waals surface area contributed by atoms with E-state index in [1.807, 2.05) is 12.2 Å². The topological polar surface area (TPSA) is 52.2 Å². The summed E-state index contributed by atoms with van der Waals surface area (Å²) in [6, 6.07) is 2.69. The van der Waals surface area contributed by atoms with Crippen LogP contribution in [0.25, 0.3) is 0 Å². The second-order valence-electron chi connectivity index (χ2n) is 4.64. The molecule has 0 saturated heterocycles. The average Bonchev–Trinajstić information content (AvgIpc) is 2.75. The molecule has 1 heterocycles. The molecule has 2 aliphatic rings. The summed E-state index contributed by atoms with van der Waals surface area (Å²) < 4.78 is 0. The number of hydrogen-bond acceptors (Lipinski definition) is 3. The summed E-state index contributed by atoms with van der Waals surface area (Å²) in [5.74, 6) is -1.11. The molecule has 0 aromatic heterocycles. The Morgan fingerprint density at radius 2 is 2.17 bits per heavy atom. The van der Waals surface area contributed by atoms with Crippen molar-refractivity contribution in [3.05, 3.63) is 39.9 Å². The lowest BCUT2D eigenvalue weighted by Crippen LogP contribution is -2.48. The van der Waals surface area contributed by atoms with Crippen LogP contribution in [-0.4, -0.2) is 12.0 Å². The number of carboxylic acids is 1. The van der Waals surface area contributed by atoms with Crippen molar-refractivity contribution in [2.45, 2.75) is 18.4 Å². The van der Waals surface area contributed by atoms with Gasteiger partial charge in [-0.3, -0.25) is 0 Å². The van der Waals surface area contributed by atoms with Crippen LogP contribution >= 0.6 is 23.2 Å². The first kappa shape index (κ1) is 11.9. The van der Waals surface area contributed by atoms with Crippen molar-refractivity contribution in [3.63, 3.8) is 0 Å². The summed E-state index contributed by atoms with van der Waals surface area (Å²) >= 11 is 12.2. The fraction of sp³-hybridized carbons (Fsp3) is 0.308.